The summed E-state index contributed by atoms with van der Waals surface area (Å²) in [5, 5.41) is 0.674. The Bertz CT molecular complexity index is 830. The van der Waals surface area contributed by atoms with Gasteiger partial charge < -0.3 is 4.52 Å². The molecular formula is C19H20O4P2. The van der Waals surface area contributed by atoms with Gasteiger partial charge in [-0.15, -0.1) is 0 Å². The number of hydrogen-bond acceptors (Lipinski definition) is 4. The van der Waals surface area contributed by atoms with Gasteiger partial charge in [0.25, 0.3) is 0 Å². The molecule has 0 saturated heterocycles. The standard InChI is InChI=1S/C19H20O4P2/c20-24-22-19(14-8-2-1-3-9-14)25(21)18-13-7-5-11-16(18)15-10-4-6-12-17(15)23-25/h4-7,10-14,19H,1-3,8-9H2. The van der Waals surface area contributed by atoms with Crippen LogP contribution in [0.2, 0.25) is 0 Å². The maximum Gasteiger partial charge on any atom is 0.328 e. The van der Waals surface area contributed by atoms with Gasteiger partial charge >= 0.3 is 16.1 Å². The Morgan fingerprint density at radius 3 is 2.44 bits per heavy atom. The van der Waals surface area contributed by atoms with Crippen LogP contribution in [0.1, 0.15) is 32.1 Å². The molecule has 0 bridgehead atoms. The van der Waals surface area contributed by atoms with Crippen molar-refractivity contribution >= 4 is 21.4 Å². The van der Waals surface area contributed by atoms with Crippen molar-refractivity contribution in [3.05, 3.63) is 48.5 Å². The summed E-state index contributed by atoms with van der Waals surface area (Å²) in [6.07, 6.45) is 5.20. The van der Waals surface area contributed by atoms with E-state index in [0.29, 0.717) is 11.1 Å². The van der Waals surface area contributed by atoms with E-state index in [0.717, 1.165) is 36.8 Å². The number of hydrogen-bond donors (Lipinski definition) is 0. The van der Waals surface area contributed by atoms with E-state index in [1.807, 2.05) is 48.5 Å². The van der Waals surface area contributed by atoms with Crippen molar-refractivity contribution in [2.75, 3.05) is 0 Å². The van der Waals surface area contributed by atoms with Gasteiger partial charge in [-0.3, -0.25) is 9.09 Å². The first-order valence-electron chi connectivity index (χ1n) is 8.71. The van der Waals surface area contributed by atoms with Gasteiger partial charge in [0.05, 0.1) is 5.30 Å². The average Bonchev–Trinajstić information content (AvgIpc) is 2.67. The van der Waals surface area contributed by atoms with Crippen LogP contribution in [0.5, 0.6) is 5.75 Å². The Kier molecular flexibility index (Phi) is 4.78. The fraction of sp³-hybridized carbons (Fsp3) is 0.368. The fourth-order valence-corrected chi connectivity index (χ4v) is 7.49. The van der Waals surface area contributed by atoms with Crippen molar-refractivity contribution in [2.45, 2.75) is 37.9 Å². The molecule has 4 nitrogen and oxygen atoms in total. The Morgan fingerprint density at radius 2 is 1.68 bits per heavy atom. The number of rotatable bonds is 4. The zero-order valence-corrected chi connectivity index (χ0v) is 15.6. The summed E-state index contributed by atoms with van der Waals surface area (Å²) in [5.41, 5.74) is 1.85. The quantitative estimate of drug-likeness (QED) is 0.637. The molecule has 1 aliphatic heterocycles. The van der Waals surface area contributed by atoms with E-state index in [-0.39, 0.29) is 5.92 Å². The first-order valence-corrected chi connectivity index (χ1v) is 11.1. The lowest BCUT2D eigenvalue weighted by Crippen LogP contribution is -2.32. The molecular weight excluding hydrogens is 354 g/mol. The number of fused-ring (bicyclic) bond motifs is 3. The van der Waals surface area contributed by atoms with Crippen molar-refractivity contribution < 1.29 is 18.2 Å². The van der Waals surface area contributed by atoms with Crippen LogP contribution < -0.4 is 9.83 Å². The maximum absolute atomic E-state index is 14.1. The molecule has 1 heterocycles. The van der Waals surface area contributed by atoms with Crippen molar-refractivity contribution in [1.82, 2.24) is 0 Å². The largest absolute Gasteiger partial charge is 0.438 e. The Balaban J connectivity index is 1.84. The highest BCUT2D eigenvalue weighted by molar-refractivity contribution is 7.68. The third-order valence-electron chi connectivity index (χ3n) is 5.19. The summed E-state index contributed by atoms with van der Waals surface area (Å²) in [7, 11) is -3.81. The molecule has 2 unspecified atom stereocenters. The van der Waals surface area contributed by atoms with E-state index in [1.165, 1.54) is 6.42 Å². The molecule has 0 N–H and O–H groups in total. The highest BCUT2D eigenvalue weighted by Crippen LogP contribution is 2.61. The molecule has 0 aromatic heterocycles. The van der Waals surface area contributed by atoms with Crippen LogP contribution in [0.25, 0.3) is 11.1 Å². The monoisotopic (exact) mass is 374 g/mol. The van der Waals surface area contributed by atoms with Gasteiger partial charge in [-0.2, -0.15) is 0 Å². The van der Waals surface area contributed by atoms with Crippen LogP contribution in [0.15, 0.2) is 48.5 Å². The van der Waals surface area contributed by atoms with Crippen molar-refractivity contribution in [1.29, 1.82) is 0 Å². The third-order valence-corrected chi connectivity index (χ3v) is 8.40. The van der Waals surface area contributed by atoms with Crippen LogP contribution in [0.4, 0.5) is 0 Å². The van der Waals surface area contributed by atoms with Gasteiger partial charge in [-0.05, 0) is 36.5 Å². The maximum atomic E-state index is 14.1. The lowest BCUT2D eigenvalue weighted by Gasteiger charge is -2.37. The zero-order chi connectivity index (χ0) is 17.3. The second kappa shape index (κ2) is 7.03. The molecule has 2 aromatic carbocycles. The summed E-state index contributed by atoms with van der Waals surface area (Å²) in [5.74, 6) is 0.0253. The van der Waals surface area contributed by atoms with Crippen LogP contribution in [0, 0.1) is 5.92 Å². The van der Waals surface area contributed by atoms with Gasteiger partial charge in [0.1, 0.15) is 5.75 Å². The van der Waals surface area contributed by atoms with Crippen molar-refractivity contribution in [3.8, 4) is 16.9 Å². The minimum atomic E-state index is -3.36. The van der Waals surface area contributed by atoms with Crippen LogP contribution in [-0.4, -0.2) is 5.85 Å². The van der Waals surface area contributed by atoms with Crippen LogP contribution in [0.3, 0.4) is 0 Å². The van der Waals surface area contributed by atoms with E-state index in [9.17, 15) is 9.13 Å². The molecule has 4 rings (SSSR count). The van der Waals surface area contributed by atoms with Crippen molar-refractivity contribution in [3.63, 3.8) is 0 Å². The molecule has 2 aromatic rings. The summed E-state index contributed by atoms with van der Waals surface area (Å²) in [4.78, 5) is 0. The molecule has 1 saturated carbocycles. The molecule has 1 aliphatic carbocycles. The van der Waals surface area contributed by atoms with Gasteiger partial charge in [-0.25, -0.2) is 4.57 Å². The van der Waals surface area contributed by atoms with Crippen LogP contribution >= 0.6 is 16.1 Å². The van der Waals surface area contributed by atoms with E-state index >= 15 is 0 Å². The minimum Gasteiger partial charge on any atom is -0.438 e. The zero-order valence-electron chi connectivity index (χ0n) is 13.8. The lowest BCUT2D eigenvalue weighted by molar-refractivity contribution is 0.174. The summed E-state index contributed by atoms with van der Waals surface area (Å²) in [6, 6.07) is 15.3. The molecule has 6 heteroatoms. The molecule has 1 fully saturated rings. The number of para-hydroxylation sites is 1. The minimum absolute atomic E-state index is 0.0966. The summed E-state index contributed by atoms with van der Waals surface area (Å²) >= 11 is 0. The second-order valence-corrected chi connectivity index (χ2v) is 9.40. The SMILES string of the molecule is O=POC(C1CCCCC1)P1(=O)Oc2ccccc2-c2ccccc21. The van der Waals surface area contributed by atoms with Gasteiger partial charge in [0, 0.05) is 5.56 Å². The van der Waals surface area contributed by atoms with E-state index in [4.69, 9.17) is 9.05 Å². The third kappa shape index (κ3) is 2.97. The smallest absolute Gasteiger partial charge is 0.328 e. The fourth-order valence-electron chi connectivity index (χ4n) is 4.02. The molecule has 0 spiro atoms. The van der Waals surface area contributed by atoms with Gasteiger partial charge in [-0.1, -0.05) is 55.7 Å². The first-order chi connectivity index (χ1) is 12.2. The highest BCUT2D eigenvalue weighted by atomic mass is 31.2. The van der Waals surface area contributed by atoms with E-state index in [1.54, 1.807) is 0 Å². The normalized spacial score (nSPS) is 24.2. The second-order valence-electron chi connectivity index (χ2n) is 6.67. The number of benzene rings is 2. The summed E-state index contributed by atoms with van der Waals surface area (Å²) in [6.45, 7) is 0. The molecule has 2 atom stereocenters. The first kappa shape index (κ1) is 17.0. The topological polar surface area (TPSA) is 52.6 Å². The summed E-state index contributed by atoms with van der Waals surface area (Å²) < 4.78 is 37.0. The van der Waals surface area contributed by atoms with E-state index < -0.39 is 21.9 Å². The van der Waals surface area contributed by atoms with Crippen molar-refractivity contribution in [2.24, 2.45) is 5.92 Å². The highest BCUT2D eigenvalue weighted by Gasteiger charge is 2.47. The Morgan fingerprint density at radius 1 is 1.00 bits per heavy atom. The molecule has 130 valence electrons. The lowest BCUT2D eigenvalue weighted by atomic mass is 9.90. The molecule has 25 heavy (non-hydrogen) atoms. The predicted octanol–water partition coefficient (Wildman–Crippen LogP) is 5.78. The predicted molar refractivity (Wildman–Crippen MR) is 98.8 cm³/mol. The molecule has 0 radical (unpaired) electrons. The molecule has 2 aliphatic rings. The van der Waals surface area contributed by atoms with Gasteiger partial charge in [0.2, 0.25) is 0 Å². The molecule has 0 amide bonds. The van der Waals surface area contributed by atoms with Gasteiger partial charge in [0.15, 0.2) is 5.85 Å². The Hall–Kier alpha value is -1.47. The van der Waals surface area contributed by atoms with E-state index in [2.05, 4.69) is 0 Å². The Labute approximate surface area is 149 Å². The van der Waals surface area contributed by atoms with Crippen LogP contribution in [-0.2, 0) is 13.7 Å². The average molecular weight is 374 g/mol.